The largest absolute Gasteiger partial charge is 0.481 e. The lowest BCUT2D eigenvalue weighted by atomic mass is 10.0. The number of unbranched alkanes of at least 4 members (excludes halogenated alkanes) is 1. The van der Waals surface area contributed by atoms with Gasteiger partial charge in [-0.15, -0.1) is 0 Å². The van der Waals surface area contributed by atoms with Gasteiger partial charge in [-0.3, -0.25) is 33.6 Å². The van der Waals surface area contributed by atoms with Crippen LogP contribution in [0.25, 0.3) is 0 Å². The molecule has 50 heavy (non-hydrogen) atoms. The number of aliphatic hydroxyl groups is 1. The summed E-state index contributed by atoms with van der Waals surface area (Å²) in [7, 11) is 0. The van der Waals surface area contributed by atoms with E-state index in [-0.39, 0.29) is 25.7 Å². The number of aliphatic hydroxyl groups excluding tert-OH is 1. The van der Waals surface area contributed by atoms with E-state index in [9.17, 15) is 48.6 Å². The Bertz CT molecular complexity index is 1320. The van der Waals surface area contributed by atoms with Gasteiger partial charge in [-0.25, -0.2) is 9.78 Å². The molecule has 0 saturated carbocycles. The molecule has 1 rings (SSSR count). The van der Waals surface area contributed by atoms with E-state index in [1.165, 1.54) is 26.4 Å². The molecule has 0 unspecified atom stereocenters. The van der Waals surface area contributed by atoms with Crippen LogP contribution in [0.15, 0.2) is 12.5 Å². The van der Waals surface area contributed by atoms with Crippen LogP contribution in [0, 0.1) is 0 Å². The van der Waals surface area contributed by atoms with Gasteiger partial charge in [0.2, 0.25) is 35.4 Å². The molecule has 280 valence electrons. The lowest BCUT2D eigenvalue weighted by molar-refractivity contribution is -0.142. The van der Waals surface area contributed by atoms with Crippen molar-refractivity contribution in [1.29, 1.82) is 0 Å². The molecule has 0 radical (unpaired) electrons. The van der Waals surface area contributed by atoms with Crippen LogP contribution >= 0.6 is 0 Å². The maximum absolute atomic E-state index is 13.6. The molecule has 0 aliphatic heterocycles. The highest BCUT2D eigenvalue weighted by molar-refractivity contribution is 5.96. The van der Waals surface area contributed by atoms with E-state index in [2.05, 4.69) is 36.6 Å². The van der Waals surface area contributed by atoms with E-state index in [4.69, 9.17) is 22.3 Å². The van der Waals surface area contributed by atoms with Crippen LogP contribution in [-0.4, -0.2) is 122 Å². The number of aromatic nitrogens is 2. The van der Waals surface area contributed by atoms with Gasteiger partial charge in [0.1, 0.15) is 36.3 Å². The third-order valence-electron chi connectivity index (χ3n) is 7.34. The van der Waals surface area contributed by atoms with Crippen LogP contribution in [0.1, 0.15) is 64.5 Å². The number of hydrogen-bond acceptors (Lipinski definition) is 12. The number of nitrogens with two attached hydrogens (primary N) is 3. The second-order valence-electron chi connectivity index (χ2n) is 11.6. The third-order valence-corrected chi connectivity index (χ3v) is 7.34. The van der Waals surface area contributed by atoms with Crippen LogP contribution in [0.4, 0.5) is 0 Å². The average molecular weight is 713 g/mol. The Hall–Kier alpha value is -5.15. The van der Waals surface area contributed by atoms with Crippen molar-refractivity contribution in [3.05, 3.63) is 18.2 Å². The van der Waals surface area contributed by atoms with E-state index in [1.54, 1.807) is 0 Å². The summed E-state index contributed by atoms with van der Waals surface area (Å²) in [5, 5.41) is 40.1. The fourth-order valence-electron chi connectivity index (χ4n) is 4.38. The summed E-state index contributed by atoms with van der Waals surface area (Å²) in [5.41, 5.74) is 16.7. The molecule has 21 heteroatoms. The molecule has 0 fully saturated rings. The van der Waals surface area contributed by atoms with Crippen molar-refractivity contribution < 1.29 is 53.7 Å². The fourth-order valence-corrected chi connectivity index (χ4v) is 4.38. The number of imidazole rings is 1. The van der Waals surface area contributed by atoms with E-state index in [1.807, 2.05) is 0 Å². The number of carboxylic acids is 2. The van der Waals surface area contributed by atoms with Crippen LogP contribution in [0.5, 0.6) is 0 Å². The summed E-state index contributed by atoms with van der Waals surface area (Å²) in [6.07, 6.45) is 0.425. The van der Waals surface area contributed by atoms with Crippen molar-refractivity contribution in [1.82, 2.24) is 36.6 Å². The van der Waals surface area contributed by atoms with Gasteiger partial charge in [0.05, 0.1) is 12.4 Å². The Morgan fingerprint density at radius 2 is 1.30 bits per heavy atom. The average Bonchev–Trinajstić information content (AvgIpc) is 3.56. The summed E-state index contributed by atoms with van der Waals surface area (Å²) in [5.74, 6) is -8.12. The molecule has 0 aromatic carbocycles. The summed E-state index contributed by atoms with van der Waals surface area (Å²) < 4.78 is 0. The first-order valence-electron chi connectivity index (χ1n) is 15.8. The van der Waals surface area contributed by atoms with Gasteiger partial charge in [0, 0.05) is 31.2 Å². The maximum atomic E-state index is 13.6. The number of nitrogens with one attached hydrogen (secondary N) is 6. The highest BCUT2D eigenvalue weighted by atomic mass is 16.4. The Kier molecular flexibility index (Phi) is 18.6. The highest BCUT2D eigenvalue weighted by Gasteiger charge is 2.33. The molecule has 1 aromatic heterocycles. The number of aliphatic carboxylic acids is 2. The number of hydrogen-bond donors (Lipinski definition) is 12. The Morgan fingerprint density at radius 3 is 1.82 bits per heavy atom. The van der Waals surface area contributed by atoms with Crippen molar-refractivity contribution in [3.63, 3.8) is 0 Å². The van der Waals surface area contributed by atoms with Crippen molar-refractivity contribution in [2.24, 2.45) is 17.2 Å². The summed E-state index contributed by atoms with van der Waals surface area (Å²) >= 11 is 0. The smallest absolute Gasteiger partial charge is 0.326 e. The first-order chi connectivity index (χ1) is 23.5. The van der Waals surface area contributed by atoms with E-state index >= 15 is 0 Å². The minimum absolute atomic E-state index is 0.0912. The number of carbonyl (C=O) groups excluding carboxylic acids is 6. The normalized spacial score (nSPS) is 15.1. The van der Waals surface area contributed by atoms with E-state index < -0.39 is 103 Å². The first-order valence-corrected chi connectivity index (χ1v) is 15.8. The fraction of sp³-hybridized carbons (Fsp3) is 0.621. The number of nitrogens with zero attached hydrogens (tertiary/aromatic N) is 1. The lowest BCUT2D eigenvalue weighted by Crippen LogP contribution is -2.60. The lowest BCUT2D eigenvalue weighted by Gasteiger charge is -2.26. The second-order valence-corrected chi connectivity index (χ2v) is 11.6. The van der Waals surface area contributed by atoms with Crippen LogP contribution < -0.4 is 43.8 Å². The van der Waals surface area contributed by atoms with Crippen LogP contribution in [-0.2, 0) is 44.8 Å². The number of carboxylic acid groups (broad SMARTS) is 2. The zero-order chi connectivity index (χ0) is 38.0. The first kappa shape index (κ1) is 42.9. The Labute approximate surface area is 287 Å². The molecule has 21 nitrogen and oxygen atoms in total. The minimum Gasteiger partial charge on any atom is -0.481 e. The number of carbonyl (C=O) groups is 8. The van der Waals surface area contributed by atoms with Gasteiger partial charge in [0.25, 0.3) is 0 Å². The highest BCUT2D eigenvalue weighted by Crippen LogP contribution is 2.07. The van der Waals surface area contributed by atoms with Crippen molar-refractivity contribution >= 4 is 47.4 Å². The molecule has 6 amide bonds. The van der Waals surface area contributed by atoms with Gasteiger partial charge in [-0.1, -0.05) is 0 Å². The number of rotatable bonds is 24. The molecule has 0 spiro atoms. The third kappa shape index (κ3) is 15.8. The molecule has 0 saturated heterocycles. The van der Waals surface area contributed by atoms with E-state index in [0.717, 1.165) is 0 Å². The number of aromatic amines is 1. The molecule has 7 atom stereocenters. The van der Waals surface area contributed by atoms with Crippen molar-refractivity contribution in [2.45, 2.75) is 108 Å². The molecule has 1 aromatic rings. The van der Waals surface area contributed by atoms with Gasteiger partial charge in [-0.2, -0.15) is 0 Å². The monoisotopic (exact) mass is 712 g/mol. The number of amides is 6. The van der Waals surface area contributed by atoms with Gasteiger partial charge >= 0.3 is 11.9 Å². The van der Waals surface area contributed by atoms with Crippen molar-refractivity contribution in [2.75, 3.05) is 6.54 Å². The second kappa shape index (κ2) is 21.7. The number of primary amides is 1. The summed E-state index contributed by atoms with van der Waals surface area (Å²) in [4.78, 5) is 106. The molecular formula is C29H48N10O11. The topological polar surface area (TPSA) is 364 Å². The van der Waals surface area contributed by atoms with Gasteiger partial charge < -0.3 is 64.1 Å². The Balaban J connectivity index is 3.22. The Morgan fingerprint density at radius 1 is 0.760 bits per heavy atom. The van der Waals surface area contributed by atoms with Crippen molar-refractivity contribution in [3.8, 4) is 0 Å². The number of H-pyrrole nitrogens is 1. The SMILES string of the molecule is C[C@H](NC(=O)[C@H](CCC(N)=O)NC(=O)[C@H](Cc1cnc[nH]1)NC(=O)[C@H](CCC(=O)O)NC(=O)[C@@H](N)[C@@H](C)O)C(=O)N[C@@H](CCCCN)C(=O)O. The molecule has 1 heterocycles. The standard InChI is InChI=1S/C29H48N10O11/c1-14(24(44)38-19(29(49)50)5-3-4-10-30)35-25(45)17(6-8-21(31)41)36-27(47)20(11-16-12-33-13-34-16)39-26(46)18(7-9-22(42)43)37-28(48)23(32)15(2)40/h12-15,17-20,23,40H,3-11,30,32H2,1-2H3,(H2,31,41)(H,33,34)(H,35,45)(H,36,47)(H,37,48)(H,38,44)(H,39,46)(H,42,43)(H,49,50)/t14-,15+,17-,18-,19-,20-,23-/m0/s1. The quantitative estimate of drug-likeness (QED) is 0.0449. The molecule has 0 bridgehead atoms. The zero-order valence-electron chi connectivity index (χ0n) is 27.8. The molecular weight excluding hydrogens is 664 g/mol. The zero-order valence-corrected chi connectivity index (χ0v) is 27.8. The summed E-state index contributed by atoms with van der Waals surface area (Å²) in [6, 6.07) is -8.49. The van der Waals surface area contributed by atoms with Gasteiger partial charge in [0.15, 0.2) is 0 Å². The molecule has 15 N–H and O–H groups in total. The van der Waals surface area contributed by atoms with Gasteiger partial charge in [-0.05, 0) is 52.5 Å². The predicted molar refractivity (Wildman–Crippen MR) is 173 cm³/mol. The maximum Gasteiger partial charge on any atom is 0.326 e. The minimum atomic E-state index is -1.52. The van der Waals surface area contributed by atoms with Crippen LogP contribution in [0.2, 0.25) is 0 Å². The predicted octanol–water partition coefficient (Wildman–Crippen LogP) is -4.55. The molecule has 0 aliphatic carbocycles. The van der Waals surface area contributed by atoms with Crippen LogP contribution in [0.3, 0.4) is 0 Å². The van der Waals surface area contributed by atoms with E-state index in [0.29, 0.717) is 25.1 Å². The summed E-state index contributed by atoms with van der Waals surface area (Å²) in [6.45, 7) is 2.84. The molecule has 0 aliphatic rings.